The van der Waals surface area contributed by atoms with Crippen LogP contribution in [-0.2, 0) is 26.0 Å². The van der Waals surface area contributed by atoms with E-state index in [-0.39, 0.29) is 18.5 Å². The summed E-state index contributed by atoms with van der Waals surface area (Å²) in [5, 5.41) is 3.08. The van der Waals surface area contributed by atoms with Crippen LogP contribution in [0.3, 0.4) is 0 Å². The third kappa shape index (κ3) is 7.07. The Balaban J connectivity index is 1.86. The van der Waals surface area contributed by atoms with Crippen molar-refractivity contribution in [2.24, 2.45) is 0 Å². The van der Waals surface area contributed by atoms with Crippen molar-refractivity contribution in [1.82, 2.24) is 10.2 Å². The molecule has 2 aromatic carbocycles. The molecule has 1 unspecified atom stereocenters. The molecule has 7 nitrogen and oxygen atoms in total. The van der Waals surface area contributed by atoms with Crippen molar-refractivity contribution < 1.29 is 18.0 Å². The lowest BCUT2D eigenvalue weighted by Crippen LogP contribution is -2.53. The first kappa shape index (κ1) is 26.7. The molecule has 2 amide bonds. The Kier molecular flexibility index (Phi) is 8.94. The van der Waals surface area contributed by atoms with Crippen molar-refractivity contribution in [3.8, 4) is 0 Å². The largest absolute Gasteiger partial charge is 0.352 e. The smallest absolute Gasteiger partial charge is 0.244 e. The molecule has 1 N–H and O–H groups in total. The van der Waals surface area contributed by atoms with Gasteiger partial charge in [-0.15, -0.1) is 0 Å². The molecule has 0 saturated heterocycles. The van der Waals surface area contributed by atoms with E-state index in [9.17, 15) is 18.0 Å². The number of carbonyl (C=O) groups excluding carboxylic acids is 2. The van der Waals surface area contributed by atoms with Gasteiger partial charge < -0.3 is 10.2 Å². The maximum absolute atomic E-state index is 13.6. The Morgan fingerprint density at radius 3 is 2.17 bits per heavy atom. The van der Waals surface area contributed by atoms with Gasteiger partial charge in [-0.1, -0.05) is 61.4 Å². The first-order valence-corrected chi connectivity index (χ1v) is 14.1. The number of para-hydroxylation sites is 1. The van der Waals surface area contributed by atoms with Crippen molar-refractivity contribution in [2.45, 2.75) is 65.0 Å². The van der Waals surface area contributed by atoms with Gasteiger partial charge in [-0.25, -0.2) is 8.42 Å². The first-order valence-electron chi connectivity index (χ1n) is 12.3. The molecular weight excluding hydrogens is 462 g/mol. The third-order valence-corrected chi connectivity index (χ3v) is 7.83. The fourth-order valence-corrected chi connectivity index (χ4v) is 5.70. The zero-order chi connectivity index (χ0) is 25.6. The summed E-state index contributed by atoms with van der Waals surface area (Å²) in [6, 6.07) is 14.7. The summed E-state index contributed by atoms with van der Waals surface area (Å²) in [6.45, 7) is 5.33. The Morgan fingerprint density at radius 2 is 1.60 bits per heavy atom. The SMILES string of the molecule is Cc1cccc(C)c1N(CC(=O)N(CCc1ccccc1)C(C)C(=O)NC1CCCC1)S(C)(=O)=O. The predicted octanol–water partition coefficient (Wildman–Crippen LogP) is 3.59. The van der Waals surface area contributed by atoms with E-state index in [1.54, 1.807) is 6.92 Å². The van der Waals surface area contributed by atoms with Gasteiger partial charge in [0.15, 0.2) is 0 Å². The second-order valence-corrected chi connectivity index (χ2v) is 11.4. The van der Waals surface area contributed by atoms with E-state index < -0.39 is 22.0 Å². The van der Waals surface area contributed by atoms with Gasteiger partial charge >= 0.3 is 0 Å². The lowest BCUT2D eigenvalue weighted by Gasteiger charge is -2.32. The highest BCUT2D eigenvalue weighted by molar-refractivity contribution is 7.92. The second kappa shape index (κ2) is 11.7. The molecule has 1 atom stereocenters. The number of nitrogens with one attached hydrogen (secondary N) is 1. The van der Waals surface area contributed by atoms with Gasteiger partial charge in [-0.3, -0.25) is 13.9 Å². The zero-order valence-electron chi connectivity index (χ0n) is 21.2. The summed E-state index contributed by atoms with van der Waals surface area (Å²) >= 11 is 0. The molecule has 8 heteroatoms. The number of rotatable bonds is 10. The van der Waals surface area contributed by atoms with Crippen LogP contribution in [0.25, 0.3) is 0 Å². The zero-order valence-corrected chi connectivity index (χ0v) is 22.0. The van der Waals surface area contributed by atoms with Crippen LogP contribution >= 0.6 is 0 Å². The van der Waals surface area contributed by atoms with Crippen molar-refractivity contribution in [3.05, 3.63) is 65.2 Å². The number of anilines is 1. The molecule has 1 saturated carbocycles. The molecule has 1 aliphatic carbocycles. The minimum atomic E-state index is -3.74. The van der Waals surface area contributed by atoms with Gasteiger partial charge in [0.1, 0.15) is 12.6 Å². The molecule has 0 aliphatic heterocycles. The van der Waals surface area contributed by atoms with Crippen LogP contribution in [0.2, 0.25) is 0 Å². The summed E-state index contributed by atoms with van der Waals surface area (Å²) in [6.07, 6.45) is 5.76. The van der Waals surface area contributed by atoms with E-state index in [2.05, 4.69) is 5.32 Å². The molecular formula is C27H37N3O4S. The number of hydrogen-bond donors (Lipinski definition) is 1. The Hall–Kier alpha value is -2.87. The fourth-order valence-electron chi connectivity index (χ4n) is 4.74. The van der Waals surface area contributed by atoms with Crippen LogP contribution in [0, 0.1) is 13.8 Å². The monoisotopic (exact) mass is 499 g/mol. The average Bonchev–Trinajstić information content (AvgIpc) is 3.31. The van der Waals surface area contributed by atoms with Gasteiger partial charge in [0, 0.05) is 12.6 Å². The Bertz CT molecular complexity index is 1110. The number of amides is 2. The molecule has 2 aromatic rings. The van der Waals surface area contributed by atoms with Gasteiger partial charge in [0.2, 0.25) is 21.8 Å². The van der Waals surface area contributed by atoms with E-state index in [1.807, 2.05) is 62.4 Å². The summed E-state index contributed by atoms with van der Waals surface area (Å²) in [4.78, 5) is 28.2. The van der Waals surface area contributed by atoms with Crippen molar-refractivity contribution in [2.75, 3.05) is 23.7 Å². The molecule has 35 heavy (non-hydrogen) atoms. The topological polar surface area (TPSA) is 86.8 Å². The van der Waals surface area contributed by atoms with Gasteiger partial charge in [-0.05, 0) is 56.7 Å². The lowest BCUT2D eigenvalue weighted by molar-refractivity contribution is -0.139. The number of carbonyl (C=O) groups is 2. The van der Waals surface area contributed by atoms with Crippen LogP contribution < -0.4 is 9.62 Å². The normalized spacial score (nSPS) is 15.0. The number of nitrogens with zero attached hydrogens (tertiary/aromatic N) is 2. The predicted molar refractivity (Wildman–Crippen MR) is 140 cm³/mol. The number of aryl methyl sites for hydroxylation is 2. The van der Waals surface area contributed by atoms with E-state index in [0.29, 0.717) is 18.7 Å². The second-order valence-electron chi connectivity index (χ2n) is 9.50. The lowest BCUT2D eigenvalue weighted by atomic mass is 10.1. The van der Waals surface area contributed by atoms with Crippen LogP contribution in [0.15, 0.2) is 48.5 Å². The quantitative estimate of drug-likeness (QED) is 0.541. The molecule has 0 spiro atoms. The van der Waals surface area contributed by atoms with E-state index in [0.717, 1.165) is 52.9 Å². The number of benzene rings is 2. The van der Waals surface area contributed by atoms with Crippen molar-refractivity contribution in [3.63, 3.8) is 0 Å². The minimum absolute atomic E-state index is 0.137. The Labute approximate surface area is 209 Å². The molecule has 1 fully saturated rings. The highest BCUT2D eigenvalue weighted by atomic mass is 32.2. The van der Waals surface area contributed by atoms with E-state index in [1.165, 1.54) is 4.90 Å². The molecule has 0 aromatic heterocycles. The summed E-state index contributed by atoms with van der Waals surface area (Å²) in [5.41, 5.74) is 3.09. The third-order valence-electron chi connectivity index (χ3n) is 6.72. The van der Waals surface area contributed by atoms with E-state index >= 15 is 0 Å². The average molecular weight is 500 g/mol. The van der Waals surface area contributed by atoms with Gasteiger partial charge in [-0.2, -0.15) is 0 Å². The molecule has 0 heterocycles. The molecule has 190 valence electrons. The maximum Gasteiger partial charge on any atom is 0.244 e. The number of hydrogen-bond acceptors (Lipinski definition) is 4. The van der Waals surface area contributed by atoms with Crippen LogP contribution in [0.1, 0.15) is 49.3 Å². The van der Waals surface area contributed by atoms with Crippen molar-refractivity contribution >= 4 is 27.5 Å². The van der Waals surface area contributed by atoms with Gasteiger partial charge in [0.25, 0.3) is 0 Å². The van der Waals surface area contributed by atoms with Gasteiger partial charge in [0.05, 0.1) is 11.9 Å². The van der Waals surface area contributed by atoms with Crippen molar-refractivity contribution in [1.29, 1.82) is 0 Å². The number of sulfonamides is 1. The molecule has 3 rings (SSSR count). The maximum atomic E-state index is 13.6. The minimum Gasteiger partial charge on any atom is -0.352 e. The summed E-state index contributed by atoms with van der Waals surface area (Å²) in [7, 11) is -3.74. The molecule has 1 aliphatic rings. The molecule has 0 bridgehead atoms. The first-order chi connectivity index (χ1) is 16.6. The summed E-state index contributed by atoms with van der Waals surface area (Å²) in [5.74, 6) is -0.598. The fraction of sp³-hybridized carbons (Fsp3) is 0.481. The van der Waals surface area contributed by atoms with Crippen LogP contribution in [0.4, 0.5) is 5.69 Å². The highest BCUT2D eigenvalue weighted by Crippen LogP contribution is 2.27. The Morgan fingerprint density at radius 1 is 1.00 bits per heavy atom. The standard InChI is InChI=1S/C27H37N3O4S/c1-20-11-10-12-21(2)26(20)30(35(4,33)34)19-25(31)29(18-17-23-13-6-5-7-14-23)22(3)27(32)28-24-15-8-9-16-24/h5-7,10-14,22,24H,8-9,15-19H2,1-4H3,(H,28,32). The van der Waals surface area contributed by atoms with Crippen LogP contribution in [-0.4, -0.2) is 56.6 Å². The summed E-state index contributed by atoms with van der Waals surface area (Å²) < 4.78 is 26.7. The van der Waals surface area contributed by atoms with Crippen LogP contribution in [0.5, 0.6) is 0 Å². The highest BCUT2D eigenvalue weighted by Gasteiger charge is 2.31. The molecule has 0 radical (unpaired) electrons. The van der Waals surface area contributed by atoms with E-state index in [4.69, 9.17) is 0 Å².